The fraction of sp³-hybridized carbons (Fsp3) is 0.818. The Bertz CT molecular complexity index is 298. The van der Waals surface area contributed by atoms with Gasteiger partial charge in [0.25, 0.3) is 0 Å². The molecule has 1 saturated carbocycles. The van der Waals surface area contributed by atoms with Crippen molar-refractivity contribution in [3.63, 3.8) is 0 Å². The number of hydrogen-bond acceptors (Lipinski definition) is 4. The van der Waals surface area contributed by atoms with Crippen LogP contribution in [0.25, 0.3) is 0 Å². The molecule has 17 heavy (non-hydrogen) atoms. The molecule has 0 aromatic heterocycles. The highest BCUT2D eigenvalue weighted by atomic mass is 16.4. The highest BCUT2D eigenvalue weighted by Gasteiger charge is 2.36. The molecule has 0 radical (unpaired) electrons. The van der Waals surface area contributed by atoms with Gasteiger partial charge in [-0.05, 0) is 32.7 Å². The molecule has 1 aliphatic rings. The largest absolute Gasteiger partial charge is 0.481 e. The van der Waals surface area contributed by atoms with Gasteiger partial charge >= 0.3 is 5.97 Å². The molecule has 4 N–H and O–H groups in total. The van der Waals surface area contributed by atoms with E-state index in [1.807, 2.05) is 0 Å². The number of aliphatic hydroxyl groups is 1. The molecule has 0 aromatic carbocycles. The first-order valence-corrected chi connectivity index (χ1v) is 5.74. The van der Waals surface area contributed by atoms with Crippen molar-refractivity contribution in [2.75, 3.05) is 20.1 Å². The second-order valence-electron chi connectivity index (χ2n) is 4.98. The van der Waals surface area contributed by atoms with Crippen LogP contribution in [0.3, 0.4) is 0 Å². The van der Waals surface area contributed by atoms with Crippen LogP contribution in [0.2, 0.25) is 0 Å². The lowest BCUT2D eigenvalue weighted by Gasteiger charge is -2.37. The van der Waals surface area contributed by atoms with Crippen molar-refractivity contribution in [1.82, 2.24) is 4.90 Å². The van der Waals surface area contributed by atoms with Crippen LogP contribution in [0.15, 0.2) is 0 Å². The van der Waals surface area contributed by atoms with Crippen LogP contribution < -0.4 is 5.73 Å². The Morgan fingerprint density at radius 3 is 2.35 bits per heavy atom. The summed E-state index contributed by atoms with van der Waals surface area (Å²) in [5, 5.41) is 19.1. The van der Waals surface area contributed by atoms with E-state index in [4.69, 9.17) is 10.8 Å². The van der Waals surface area contributed by atoms with E-state index in [0.29, 0.717) is 32.2 Å². The highest BCUT2D eigenvalue weighted by molar-refractivity contribution is 5.75. The van der Waals surface area contributed by atoms with Gasteiger partial charge in [-0.15, -0.1) is 0 Å². The summed E-state index contributed by atoms with van der Waals surface area (Å²) in [6, 6.07) is 0. The van der Waals surface area contributed by atoms with E-state index in [1.54, 1.807) is 11.9 Å². The summed E-state index contributed by atoms with van der Waals surface area (Å²) < 4.78 is 0. The third kappa shape index (κ3) is 4.32. The predicted octanol–water partition coefficient (Wildman–Crippen LogP) is -0.591. The Balaban J connectivity index is 2.44. The number of primary amides is 1. The van der Waals surface area contributed by atoms with E-state index >= 15 is 0 Å². The molecule has 1 amide bonds. The molecule has 1 rings (SSSR count). The second-order valence-corrected chi connectivity index (χ2v) is 4.98. The van der Waals surface area contributed by atoms with Crippen molar-refractivity contribution in [3.8, 4) is 0 Å². The zero-order chi connectivity index (χ0) is 13.1. The zero-order valence-corrected chi connectivity index (χ0v) is 10.1. The molecule has 0 unspecified atom stereocenters. The van der Waals surface area contributed by atoms with Crippen LogP contribution >= 0.6 is 0 Å². The van der Waals surface area contributed by atoms with Crippen molar-refractivity contribution >= 4 is 11.9 Å². The first-order valence-electron chi connectivity index (χ1n) is 5.74. The van der Waals surface area contributed by atoms with Crippen molar-refractivity contribution in [2.24, 2.45) is 11.7 Å². The van der Waals surface area contributed by atoms with Gasteiger partial charge < -0.3 is 15.9 Å². The lowest BCUT2D eigenvalue weighted by molar-refractivity contribution is -0.145. The zero-order valence-electron chi connectivity index (χ0n) is 10.1. The van der Waals surface area contributed by atoms with Gasteiger partial charge in [-0.2, -0.15) is 0 Å². The summed E-state index contributed by atoms with van der Waals surface area (Å²) in [6.45, 7) is 0.451. The van der Waals surface area contributed by atoms with Gasteiger partial charge in [0.05, 0.1) is 18.1 Å². The lowest BCUT2D eigenvalue weighted by atomic mass is 9.78. The number of nitrogens with two attached hydrogens (primary N) is 1. The molecule has 0 bridgehead atoms. The molecular weight excluding hydrogens is 224 g/mol. The third-order valence-electron chi connectivity index (χ3n) is 3.26. The number of rotatable bonds is 5. The molecule has 0 spiro atoms. The Morgan fingerprint density at radius 1 is 1.41 bits per heavy atom. The van der Waals surface area contributed by atoms with Crippen LogP contribution in [0.5, 0.6) is 0 Å². The first kappa shape index (κ1) is 13.9. The number of hydrogen-bond donors (Lipinski definition) is 3. The molecule has 0 atom stereocenters. The van der Waals surface area contributed by atoms with Crippen molar-refractivity contribution < 1.29 is 19.8 Å². The quantitative estimate of drug-likeness (QED) is 0.599. The molecule has 0 heterocycles. The number of carbonyl (C=O) groups excluding carboxylic acids is 1. The molecule has 6 heteroatoms. The summed E-state index contributed by atoms with van der Waals surface area (Å²) in [7, 11) is 1.71. The number of nitrogens with zero attached hydrogens (tertiary/aromatic N) is 1. The number of carboxylic acid groups (broad SMARTS) is 1. The normalized spacial score (nSPS) is 29.2. The Hall–Kier alpha value is -1.14. The van der Waals surface area contributed by atoms with Crippen molar-refractivity contribution in [2.45, 2.75) is 31.3 Å². The van der Waals surface area contributed by atoms with E-state index in [-0.39, 0.29) is 12.5 Å². The SMILES string of the molecule is CN(CC(N)=O)CC1(O)CCC(C(=O)O)CC1. The van der Waals surface area contributed by atoms with Crippen LogP contribution in [-0.4, -0.2) is 52.7 Å². The van der Waals surface area contributed by atoms with Crippen LogP contribution in [0.1, 0.15) is 25.7 Å². The van der Waals surface area contributed by atoms with E-state index in [9.17, 15) is 14.7 Å². The van der Waals surface area contributed by atoms with E-state index < -0.39 is 17.5 Å². The van der Waals surface area contributed by atoms with Gasteiger partial charge in [-0.3, -0.25) is 14.5 Å². The number of amides is 1. The summed E-state index contributed by atoms with van der Waals surface area (Å²) in [5.74, 6) is -1.58. The molecule has 1 fully saturated rings. The van der Waals surface area contributed by atoms with Gasteiger partial charge in [-0.1, -0.05) is 0 Å². The van der Waals surface area contributed by atoms with Crippen molar-refractivity contribution in [3.05, 3.63) is 0 Å². The number of carboxylic acids is 1. The molecule has 0 saturated heterocycles. The third-order valence-corrected chi connectivity index (χ3v) is 3.26. The average molecular weight is 244 g/mol. The van der Waals surface area contributed by atoms with E-state index in [0.717, 1.165) is 0 Å². The number of aliphatic carboxylic acids is 1. The number of carbonyl (C=O) groups is 2. The maximum atomic E-state index is 10.8. The standard InChI is InChI=1S/C11H20N2O4/c1-13(6-9(12)14)7-11(17)4-2-8(3-5-11)10(15)16/h8,17H,2-7H2,1H3,(H2,12,14)(H,15,16). The molecule has 6 nitrogen and oxygen atoms in total. The topological polar surface area (TPSA) is 104 Å². The molecule has 0 aromatic rings. The van der Waals surface area contributed by atoms with Gasteiger partial charge in [-0.25, -0.2) is 0 Å². The minimum atomic E-state index is -0.893. The van der Waals surface area contributed by atoms with Gasteiger partial charge in [0, 0.05) is 6.54 Å². The second kappa shape index (κ2) is 5.46. The predicted molar refractivity (Wildman–Crippen MR) is 61.2 cm³/mol. The fourth-order valence-electron chi connectivity index (χ4n) is 2.38. The smallest absolute Gasteiger partial charge is 0.306 e. The minimum Gasteiger partial charge on any atom is -0.481 e. The maximum absolute atomic E-state index is 10.8. The Labute approximate surface area is 100 Å². The summed E-state index contributed by atoms with van der Waals surface area (Å²) in [5.41, 5.74) is 4.17. The molecule has 98 valence electrons. The van der Waals surface area contributed by atoms with Gasteiger partial charge in [0.2, 0.25) is 5.91 Å². The van der Waals surface area contributed by atoms with Crippen LogP contribution in [0, 0.1) is 5.92 Å². The fourth-order valence-corrected chi connectivity index (χ4v) is 2.38. The first-order chi connectivity index (χ1) is 7.82. The summed E-state index contributed by atoms with van der Waals surface area (Å²) in [4.78, 5) is 23.2. The molecular formula is C11H20N2O4. The average Bonchev–Trinajstić information content (AvgIpc) is 2.15. The summed E-state index contributed by atoms with van der Waals surface area (Å²) >= 11 is 0. The van der Waals surface area contributed by atoms with E-state index in [1.165, 1.54) is 0 Å². The minimum absolute atomic E-state index is 0.102. The number of likely N-dealkylation sites (N-methyl/N-ethyl adjacent to an activating group) is 1. The van der Waals surface area contributed by atoms with Gasteiger partial charge in [0.15, 0.2) is 0 Å². The van der Waals surface area contributed by atoms with Gasteiger partial charge in [0.1, 0.15) is 0 Å². The Kier molecular flexibility index (Phi) is 4.47. The van der Waals surface area contributed by atoms with Crippen LogP contribution in [-0.2, 0) is 9.59 Å². The van der Waals surface area contributed by atoms with Crippen LogP contribution in [0.4, 0.5) is 0 Å². The molecule has 1 aliphatic carbocycles. The maximum Gasteiger partial charge on any atom is 0.306 e. The Morgan fingerprint density at radius 2 is 1.94 bits per heavy atom. The molecule has 0 aliphatic heterocycles. The lowest BCUT2D eigenvalue weighted by Crippen LogP contribution is -2.46. The monoisotopic (exact) mass is 244 g/mol. The highest BCUT2D eigenvalue weighted by Crippen LogP contribution is 2.32. The summed E-state index contributed by atoms with van der Waals surface area (Å²) in [6.07, 6.45) is 1.87. The van der Waals surface area contributed by atoms with E-state index in [2.05, 4.69) is 0 Å². The van der Waals surface area contributed by atoms with Crippen molar-refractivity contribution in [1.29, 1.82) is 0 Å².